The van der Waals surface area contributed by atoms with Gasteiger partial charge in [0.15, 0.2) is 12.4 Å². The molecule has 0 aromatic heterocycles. The van der Waals surface area contributed by atoms with Crippen molar-refractivity contribution in [2.45, 2.75) is 44.4 Å². The van der Waals surface area contributed by atoms with E-state index in [1.165, 1.54) is 18.2 Å². The van der Waals surface area contributed by atoms with Gasteiger partial charge in [0.2, 0.25) is 0 Å². The van der Waals surface area contributed by atoms with Crippen molar-refractivity contribution < 1.29 is 43.4 Å². The van der Waals surface area contributed by atoms with E-state index in [-0.39, 0.29) is 33.9 Å². The zero-order valence-electron chi connectivity index (χ0n) is 28.1. The Hall–Kier alpha value is -5.46. The van der Waals surface area contributed by atoms with Crippen molar-refractivity contribution >= 4 is 69.2 Å². The molecule has 14 heteroatoms. The fraction of sp³-hybridized carbons (Fsp3) is 0.263. The topological polar surface area (TPSA) is 170 Å². The molecule has 5 rings (SSSR count). The highest BCUT2D eigenvalue weighted by Crippen LogP contribution is 2.30. The first-order valence-corrected chi connectivity index (χ1v) is 17.0. The lowest BCUT2D eigenvalue weighted by atomic mass is 9.89. The molecule has 12 nitrogen and oxygen atoms in total. The summed E-state index contributed by atoms with van der Waals surface area (Å²) in [5.41, 5.74) is -1.31. The molecule has 1 heterocycles. The number of carbonyl (C=O) groups is 5. The third kappa shape index (κ3) is 9.06. The molecule has 4 aromatic carbocycles. The van der Waals surface area contributed by atoms with Crippen LogP contribution in [-0.4, -0.2) is 71.3 Å². The normalized spacial score (nSPS) is 16.3. The average Bonchev–Trinajstić information content (AvgIpc) is 3.56. The second-order valence-electron chi connectivity index (χ2n) is 12.5. The number of ketones is 1. The minimum Gasteiger partial charge on any atom is -0.489 e. The maximum absolute atomic E-state index is 14.1. The van der Waals surface area contributed by atoms with E-state index in [0.29, 0.717) is 17.0 Å². The number of para-hydroxylation sites is 1. The quantitative estimate of drug-likeness (QED) is 0.126. The van der Waals surface area contributed by atoms with Crippen LogP contribution < -0.4 is 15.4 Å². The number of esters is 1. The van der Waals surface area contributed by atoms with Crippen LogP contribution >= 0.6 is 23.2 Å². The minimum atomic E-state index is -1.88. The molecule has 0 bridgehead atoms. The lowest BCUT2D eigenvalue weighted by molar-refractivity contribution is -0.151. The van der Waals surface area contributed by atoms with Crippen molar-refractivity contribution in [3.8, 4) is 5.75 Å². The van der Waals surface area contributed by atoms with Gasteiger partial charge in [-0.3, -0.25) is 19.2 Å². The van der Waals surface area contributed by atoms with E-state index in [4.69, 9.17) is 37.5 Å². The molecule has 1 aliphatic rings. The molecular formula is C38H35Cl2N3O9. The molecule has 3 atom stereocenters. The minimum absolute atomic E-state index is 0.0111. The van der Waals surface area contributed by atoms with Crippen molar-refractivity contribution in [3.05, 3.63) is 112 Å². The lowest BCUT2D eigenvalue weighted by Crippen LogP contribution is -2.57. The number of amides is 2. The Labute approximate surface area is 309 Å². The molecule has 0 saturated heterocycles. The number of rotatable bonds is 15. The van der Waals surface area contributed by atoms with Gasteiger partial charge in [0, 0.05) is 12.0 Å². The van der Waals surface area contributed by atoms with Crippen LogP contribution in [0.25, 0.3) is 10.8 Å². The van der Waals surface area contributed by atoms with Gasteiger partial charge in [-0.05, 0) is 53.1 Å². The van der Waals surface area contributed by atoms with Crippen molar-refractivity contribution in [3.63, 3.8) is 0 Å². The van der Waals surface area contributed by atoms with E-state index in [1.54, 1.807) is 42.5 Å². The third-order valence-electron chi connectivity index (χ3n) is 8.34. The van der Waals surface area contributed by atoms with Gasteiger partial charge in [-0.2, -0.15) is 0 Å². The largest absolute Gasteiger partial charge is 0.489 e. The second-order valence-corrected chi connectivity index (χ2v) is 13.3. The fourth-order valence-corrected chi connectivity index (χ4v) is 6.10. The summed E-state index contributed by atoms with van der Waals surface area (Å²) in [4.78, 5) is 71.1. The number of halogens is 2. The van der Waals surface area contributed by atoms with Gasteiger partial charge >= 0.3 is 11.9 Å². The standard InChI is InChI=1S/C38H35Cl2N3O9/c1-22(2)34(42-35(47)25-16-15-23-9-6-7-10-24(23)17-25)30-19-38(52-43-30,21-51-26-11-4-3-5-12-26)37(49)41-29(18-32(45)46)31(44)20-50-36(48)33-27(39)13-8-14-28(33)40/h3-17,22,29,34H,18-21H2,1-2H3,(H,41,49)(H,42,47)(H,45,46). The van der Waals surface area contributed by atoms with Crippen LogP contribution in [0.15, 0.2) is 96.2 Å². The first-order valence-electron chi connectivity index (χ1n) is 16.3. The van der Waals surface area contributed by atoms with Crippen LogP contribution in [0.4, 0.5) is 0 Å². The SMILES string of the molecule is CC(C)C(NC(=O)c1ccc2ccccc2c1)C1=NOC(COc2ccccc2)(C(=O)NC(CC(=O)O)C(=O)COC(=O)c2c(Cl)cccc2Cl)C1. The molecule has 52 heavy (non-hydrogen) atoms. The molecule has 270 valence electrons. The summed E-state index contributed by atoms with van der Waals surface area (Å²) >= 11 is 12.1. The number of nitrogens with one attached hydrogen (secondary N) is 2. The first-order chi connectivity index (χ1) is 24.9. The van der Waals surface area contributed by atoms with Crippen LogP contribution in [-0.2, 0) is 24.0 Å². The lowest BCUT2D eigenvalue weighted by Gasteiger charge is -2.28. The summed E-state index contributed by atoms with van der Waals surface area (Å²) in [5, 5.41) is 21.1. The van der Waals surface area contributed by atoms with Gasteiger partial charge in [0.25, 0.3) is 17.4 Å². The van der Waals surface area contributed by atoms with E-state index in [1.807, 2.05) is 44.2 Å². The maximum Gasteiger partial charge on any atom is 0.341 e. The number of carboxylic acid groups (broad SMARTS) is 1. The molecule has 0 fully saturated rings. The van der Waals surface area contributed by atoms with E-state index < -0.39 is 60.9 Å². The van der Waals surface area contributed by atoms with Gasteiger partial charge in [-0.15, -0.1) is 0 Å². The Kier molecular flexibility index (Phi) is 12.1. The summed E-state index contributed by atoms with van der Waals surface area (Å²) < 4.78 is 11.0. The van der Waals surface area contributed by atoms with E-state index in [2.05, 4.69) is 15.8 Å². The number of nitrogens with zero attached hydrogens (tertiary/aromatic N) is 1. The molecule has 3 N–H and O–H groups in total. The van der Waals surface area contributed by atoms with E-state index >= 15 is 0 Å². The number of hydrogen-bond donors (Lipinski definition) is 3. The number of aliphatic carboxylic acids is 1. The fourth-order valence-electron chi connectivity index (χ4n) is 5.55. The average molecular weight is 749 g/mol. The summed E-state index contributed by atoms with van der Waals surface area (Å²) in [5.74, 6) is -4.43. The van der Waals surface area contributed by atoms with Gasteiger partial charge in [-0.25, -0.2) is 4.79 Å². The van der Waals surface area contributed by atoms with Crippen LogP contribution in [0, 0.1) is 5.92 Å². The molecule has 0 radical (unpaired) electrons. The molecular weight excluding hydrogens is 713 g/mol. The van der Waals surface area contributed by atoms with Gasteiger partial charge in [-0.1, -0.05) is 96.8 Å². The predicted molar refractivity (Wildman–Crippen MR) is 194 cm³/mol. The van der Waals surface area contributed by atoms with Gasteiger partial charge < -0.3 is 30.1 Å². The Morgan fingerprint density at radius 1 is 0.885 bits per heavy atom. The summed E-state index contributed by atoms with van der Waals surface area (Å²) in [6.45, 7) is 2.44. The summed E-state index contributed by atoms with van der Waals surface area (Å²) in [7, 11) is 0. The summed E-state index contributed by atoms with van der Waals surface area (Å²) in [6.07, 6.45) is -1.02. The van der Waals surface area contributed by atoms with Crippen molar-refractivity contribution in [1.82, 2.24) is 10.6 Å². The number of Topliss-reactive ketones (excluding diaryl/α,β-unsaturated/α-hetero) is 1. The van der Waals surface area contributed by atoms with E-state index in [9.17, 15) is 29.1 Å². The Balaban J connectivity index is 1.34. The highest BCUT2D eigenvalue weighted by Gasteiger charge is 2.50. The molecule has 2 amide bonds. The van der Waals surface area contributed by atoms with Gasteiger partial charge in [0.1, 0.15) is 18.4 Å². The Bertz CT molecular complexity index is 2000. The number of fused-ring (bicyclic) bond motifs is 1. The maximum atomic E-state index is 14.1. The molecule has 1 aliphatic heterocycles. The van der Waals surface area contributed by atoms with E-state index in [0.717, 1.165) is 10.8 Å². The van der Waals surface area contributed by atoms with Crippen molar-refractivity contribution in [2.75, 3.05) is 13.2 Å². The zero-order valence-corrected chi connectivity index (χ0v) is 29.6. The monoisotopic (exact) mass is 747 g/mol. The second kappa shape index (κ2) is 16.7. The molecule has 0 saturated carbocycles. The number of hydrogen-bond acceptors (Lipinski definition) is 9. The first kappa shape index (κ1) is 37.8. The number of oxime groups is 1. The number of carbonyl (C=O) groups excluding carboxylic acids is 4. The molecule has 3 unspecified atom stereocenters. The van der Waals surface area contributed by atoms with Gasteiger partial charge in [0.05, 0.1) is 33.8 Å². The molecule has 0 spiro atoms. The Morgan fingerprint density at radius 2 is 1.56 bits per heavy atom. The number of carboxylic acids is 1. The van der Waals surface area contributed by atoms with Crippen LogP contribution in [0.1, 0.15) is 47.4 Å². The molecule has 4 aromatic rings. The van der Waals surface area contributed by atoms with Crippen molar-refractivity contribution in [1.29, 1.82) is 0 Å². The highest BCUT2D eigenvalue weighted by molar-refractivity contribution is 6.39. The third-order valence-corrected chi connectivity index (χ3v) is 8.97. The predicted octanol–water partition coefficient (Wildman–Crippen LogP) is 5.88. The van der Waals surface area contributed by atoms with Crippen molar-refractivity contribution in [2.24, 2.45) is 11.1 Å². The highest BCUT2D eigenvalue weighted by atomic mass is 35.5. The molecule has 0 aliphatic carbocycles. The smallest absolute Gasteiger partial charge is 0.341 e. The Morgan fingerprint density at radius 3 is 2.23 bits per heavy atom. The van der Waals surface area contributed by atoms with Crippen LogP contribution in [0.5, 0.6) is 5.75 Å². The van der Waals surface area contributed by atoms with Crippen LogP contribution in [0.2, 0.25) is 10.0 Å². The zero-order chi connectivity index (χ0) is 37.4. The summed E-state index contributed by atoms with van der Waals surface area (Å²) in [6, 6.07) is 23.6. The number of benzene rings is 4. The van der Waals surface area contributed by atoms with Crippen LogP contribution in [0.3, 0.4) is 0 Å². The number of ether oxygens (including phenoxy) is 2.